The average Bonchev–Trinajstić information content (AvgIpc) is 2.21. The van der Waals surface area contributed by atoms with Crippen LogP contribution in [-0.2, 0) is 9.59 Å². The van der Waals surface area contributed by atoms with Crippen LogP contribution in [0.5, 0.6) is 0 Å². The molecule has 0 aliphatic rings. The third-order valence-corrected chi connectivity index (χ3v) is 3.73. The van der Waals surface area contributed by atoms with Gasteiger partial charge in [0.1, 0.15) is 5.92 Å². The van der Waals surface area contributed by atoms with Crippen LogP contribution < -0.4 is 5.32 Å². The SMILES string of the molecule is CC(C(=O)O)C(=O)Nc1c(Br)cc(Br)cc1Br. The summed E-state index contributed by atoms with van der Waals surface area (Å²) >= 11 is 9.88. The normalized spacial score (nSPS) is 12.0. The van der Waals surface area contributed by atoms with Gasteiger partial charge in [-0.3, -0.25) is 9.59 Å². The topological polar surface area (TPSA) is 66.4 Å². The number of hydrogen-bond donors (Lipinski definition) is 2. The van der Waals surface area contributed by atoms with Gasteiger partial charge in [0.25, 0.3) is 0 Å². The molecule has 1 aromatic rings. The summed E-state index contributed by atoms with van der Waals surface area (Å²) in [5.41, 5.74) is 0.506. The fourth-order valence-corrected chi connectivity index (χ4v) is 3.46. The first-order valence-corrected chi connectivity index (χ1v) is 6.89. The number of carboxylic acids is 1. The zero-order valence-electron chi connectivity index (χ0n) is 8.63. The van der Waals surface area contributed by atoms with E-state index in [-0.39, 0.29) is 0 Å². The van der Waals surface area contributed by atoms with Gasteiger partial charge in [-0.25, -0.2) is 0 Å². The number of rotatable bonds is 3. The number of amides is 1. The highest BCUT2D eigenvalue weighted by Crippen LogP contribution is 2.34. The summed E-state index contributed by atoms with van der Waals surface area (Å²) in [5.74, 6) is -2.83. The lowest BCUT2D eigenvalue weighted by atomic mass is 10.1. The van der Waals surface area contributed by atoms with Gasteiger partial charge in [-0.1, -0.05) is 15.9 Å². The lowest BCUT2D eigenvalue weighted by molar-refractivity contribution is -0.144. The predicted octanol–water partition coefficient (Wildman–Crippen LogP) is 3.63. The summed E-state index contributed by atoms with van der Waals surface area (Å²) < 4.78 is 2.15. The first kappa shape index (κ1) is 14.7. The fourth-order valence-electron chi connectivity index (χ4n) is 1.01. The number of anilines is 1. The van der Waals surface area contributed by atoms with Crippen molar-refractivity contribution in [2.75, 3.05) is 5.32 Å². The van der Waals surface area contributed by atoms with Crippen LogP contribution in [0.25, 0.3) is 0 Å². The van der Waals surface area contributed by atoms with Crippen LogP contribution in [0.3, 0.4) is 0 Å². The second-order valence-corrected chi connectivity index (χ2v) is 5.92. The summed E-state index contributed by atoms with van der Waals surface area (Å²) in [7, 11) is 0. The summed E-state index contributed by atoms with van der Waals surface area (Å²) in [5, 5.41) is 11.3. The summed E-state index contributed by atoms with van der Waals surface area (Å²) in [6, 6.07) is 3.51. The molecule has 0 heterocycles. The molecular weight excluding hydrogens is 422 g/mol. The van der Waals surface area contributed by atoms with E-state index in [0.29, 0.717) is 14.6 Å². The van der Waals surface area contributed by atoms with Crippen LogP contribution >= 0.6 is 47.8 Å². The van der Waals surface area contributed by atoms with Gasteiger partial charge in [0.05, 0.1) is 5.69 Å². The van der Waals surface area contributed by atoms with Crippen LogP contribution in [-0.4, -0.2) is 17.0 Å². The molecule has 0 spiro atoms. The summed E-state index contributed by atoms with van der Waals surface area (Å²) in [4.78, 5) is 22.3. The summed E-state index contributed by atoms with van der Waals surface area (Å²) in [6.07, 6.45) is 0. The van der Waals surface area contributed by atoms with Crippen LogP contribution in [0, 0.1) is 5.92 Å². The molecule has 1 unspecified atom stereocenters. The quantitative estimate of drug-likeness (QED) is 0.721. The molecule has 0 aliphatic heterocycles. The third-order valence-electron chi connectivity index (χ3n) is 2.02. The Morgan fingerprint density at radius 1 is 1.24 bits per heavy atom. The predicted molar refractivity (Wildman–Crippen MR) is 75.0 cm³/mol. The molecule has 92 valence electrons. The molecule has 1 atom stereocenters. The van der Waals surface area contributed by atoms with Crippen molar-refractivity contribution in [3.8, 4) is 0 Å². The van der Waals surface area contributed by atoms with Crippen molar-refractivity contribution in [3.05, 3.63) is 25.6 Å². The van der Waals surface area contributed by atoms with Crippen LogP contribution in [0.1, 0.15) is 6.92 Å². The molecule has 4 nitrogen and oxygen atoms in total. The average molecular weight is 430 g/mol. The van der Waals surface area contributed by atoms with E-state index in [9.17, 15) is 9.59 Å². The number of carboxylic acid groups (broad SMARTS) is 1. The fraction of sp³-hybridized carbons (Fsp3) is 0.200. The molecule has 7 heteroatoms. The number of hydrogen-bond acceptors (Lipinski definition) is 2. The molecule has 0 aromatic heterocycles. The molecule has 0 bridgehead atoms. The Hall–Kier alpha value is -0.400. The number of aliphatic carboxylic acids is 1. The van der Waals surface area contributed by atoms with Gasteiger partial charge in [-0.15, -0.1) is 0 Å². The van der Waals surface area contributed by atoms with Crippen molar-refractivity contribution in [3.63, 3.8) is 0 Å². The molecule has 1 amide bonds. The van der Waals surface area contributed by atoms with E-state index in [0.717, 1.165) is 4.47 Å². The van der Waals surface area contributed by atoms with Crippen molar-refractivity contribution in [1.29, 1.82) is 0 Å². The van der Waals surface area contributed by atoms with Crippen molar-refractivity contribution >= 4 is 65.4 Å². The highest BCUT2D eigenvalue weighted by molar-refractivity contribution is 9.11. The molecule has 0 saturated carbocycles. The van der Waals surface area contributed by atoms with Crippen LogP contribution in [0.15, 0.2) is 25.6 Å². The molecule has 0 saturated heterocycles. The van der Waals surface area contributed by atoms with Gasteiger partial charge in [-0.05, 0) is 50.9 Å². The minimum Gasteiger partial charge on any atom is -0.481 e. The number of halogens is 3. The maximum Gasteiger partial charge on any atom is 0.315 e. The number of benzene rings is 1. The Labute approximate surface area is 123 Å². The monoisotopic (exact) mass is 427 g/mol. The second kappa shape index (κ2) is 5.97. The van der Waals surface area contributed by atoms with E-state index >= 15 is 0 Å². The maximum absolute atomic E-state index is 11.6. The second-order valence-electron chi connectivity index (χ2n) is 3.29. The minimum atomic E-state index is -1.16. The number of carbonyl (C=O) groups excluding carboxylic acids is 1. The molecule has 2 N–H and O–H groups in total. The van der Waals surface area contributed by atoms with E-state index in [4.69, 9.17) is 5.11 Å². The molecule has 0 aliphatic carbocycles. The van der Waals surface area contributed by atoms with Crippen LogP contribution in [0.2, 0.25) is 0 Å². The molecule has 17 heavy (non-hydrogen) atoms. The molecular formula is C10H8Br3NO3. The highest BCUT2D eigenvalue weighted by atomic mass is 79.9. The minimum absolute atomic E-state index is 0.506. The van der Waals surface area contributed by atoms with E-state index in [1.807, 2.05) is 0 Å². The Bertz CT molecular complexity index is 453. The van der Waals surface area contributed by atoms with E-state index < -0.39 is 17.8 Å². The van der Waals surface area contributed by atoms with E-state index in [1.54, 1.807) is 12.1 Å². The van der Waals surface area contributed by atoms with Crippen LogP contribution in [0.4, 0.5) is 5.69 Å². The lowest BCUT2D eigenvalue weighted by Gasteiger charge is -2.12. The van der Waals surface area contributed by atoms with Gasteiger partial charge < -0.3 is 10.4 Å². The van der Waals surface area contributed by atoms with Gasteiger partial charge in [-0.2, -0.15) is 0 Å². The molecule has 0 fully saturated rings. The number of carbonyl (C=O) groups is 2. The van der Waals surface area contributed by atoms with E-state index in [2.05, 4.69) is 53.1 Å². The zero-order chi connectivity index (χ0) is 13.2. The van der Waals surface area contributed by atoms with Gasteiger partial charge in [0, 0.05) is 13.4 Å². The Balaban J connectivity index is 2.96. The third kappa shape index (κ3) is 3.79. The highest BCUT2D eigenvalue weighted by Gasteiger charge is 2.22. The smallest absolute Gasteiger partial charge is 0.315 e. The van der Waals surface area contributed by atoms with Crippen molar-refractivity contribution in [2.24, 2.45) is 5.92 Å². The maximum atomic E-state index is 11.6. The Kier molecular flexibility index (Phi) is 5.15. The summed E-state index contributed by atoms with van der Waals surface area (Å²) in [6.45, 7) is 1.33. The van der Waals surface area contributed by atoms with Crippen molar-refractivity contribution in [2.45, 2.75) is 6.92 Å². The Morgan fingerprint density at radius 2 is 1.71 bits per heavy atom. The lowest BCUT2D eigenvalue weighted by Crippen LogP contribution is -2.27. The van der Waals surface area contributed by atoms with E-state index in [1.165, 1.54) is 6.92 Å². The Morgan fingerprint density at radius 3 is 2.12 bits per heavy atom. The molecule has 0 radical (unpaired) electrons. The van der Waals surface area contributed by atoms with Gasteiger partial charge in [0.2, 0.25) is 5.91 Å². The van der Waals surface area contributed by atoms with Crippen molar-refractivity contribution < 1.29 is 14.7 Å². The van der Waals surface area contributed by atoms with Gasteiger partial charge in [0.15, 0.2) is 0 Å². The zero-order valence-corrected chi connectivity index (χ0v) is 13.4. The van der Waals surface area contributed by atoms with Crippen molar-refractivity contribution in [1.82, 2.24) is 0 Å². The number of nitrogens with one attached hydrogen (secondary N) is 1. The molecule has 1 aromatic carbocycles. The first-order chi connectivity index (χ1) is 7.82. The first-order valence-electron chi connectivity index (χ1n) is 4.51. The van der Waals surface area contributed by atoms with Gasteiger partial charge >= 0.3 is 5.97 Å². The largest absolute Gasteiger partial charge is 0.481 e. The molecule has 1 rings (SSSR count). The standard InChI is InChI=1S/C10H8Br3NO3/c1-4(10(16)17)9(15)14-8-6(12)2-5(11)3-7(8)13/h2-4H,1H3,(H,14,15)(H,16,17).